The Morgan fingerprint density at radius 1 is 1.03 bits per heavy atom. The quantitative estimate of drug-likeness (QED) is 0.277. The van der Waals surface area contributed by atoms with Gasteiger partial charge in [0.15, 0.2) is 5.82 Å². The number of amides is 1. The molecule has 1 amide bonds. The summed E-state index contributed by atoms with van der Waals surface area (Å²) in [6, 6.07) is 8.10. The number of rotatable bonds is 5. The van der Waals surface area contributed by atoms with E-state index in [1.807, 2.05) is 36.8 Å². The van der Waals surface area contributed by atoms with E-state index in [4.69, 9.17) is 4.98 Å². The number of carbonyl (C=O) groups excluding carboxylic acids is 1. The molecule has 1 unspecified atom stereocenters. The van der Waals surface area contributed by atoms with Gasteiger partial charge in [-0.25, -0.2) is 4.98 Å². The average molecular weight is 494 g/mol. The molecule has 0 bridgehead atoms. The fraction of sp³-hybridized carbons (Fsp3) is 0.222. The predicted molar refractivity (Wildman–Crippen MR) is 142 cm³/mol. The first-order valence-electron chi connectivity index (χ1n) is 12.1. The van der Waals surface area contributed by atoms with Crippen molar-refractivity contribution in [2.75, 3.05) is 5.32 Å². The minimum atomic E-state index is 0.0818. The normalized spacial score (nSPS) is 17.6. The Hall–Kier alpha value is -3.98. The maximum atomic E-state index is 12.4. The molecule has 5 aromatic rings. The topological polar surface area (TPSA) is 112 Å². The first-order chi connectivity index (χ1) is 17.7. The van der Waals surface area contributed by atoms with Gasteiger partial charge in [-0.05, 0) is 48.4 Å². The summed E-state index contributed by atoms with van der Waals surface area (Å²) in [4.78, 5) is 29.6. The fourth-order valence-corrected chi connectivity index (χ4v) is 5.79. The van der Waals surface area contributed by atoms with Gasteiger partial charge in [0.25, 0.3) is 0 Å². The van der Waals surface area contributed by atoms with Crippen LogP contribution in [0.1, 0.15) is 36.5 Å². The van der Waals surface area contributed by atoms with E-state index in [-0.39, 0.29) is 11.8 Å². The largest absolute Gasteiger partial charge is 0.335 e. The van der Waals surface area contributed by atoms with Gasteiger partial charge in [-0.1, -0.05) is 18.6 Å². The van der Waals surface area contributed by atoms with Gasteiger partial charge in [0, 0.05) is 40.1 Å². The van der Waals surface area contributed by atoms with Crippen LogP contribution in [0.25, 0.3) is 44.6 Å². The molecule has 3 N–H and O–H groups in total. The zero-order valence-corrected chi connectivity index (χ0v) is 20.2. The molecule has 7 rings (SSSR count). The Labute approximate surface area is 211 Å². The van der Waals surface area contributed by atoms with Crippen molar-refractivity contribution < 1.29 is 4.79 Å². The van der Waals surface area contributed by atoms with Crippen molar-refractivity contribution in [2.45, 2.75) is 30.9 Å². The van der Waals surface area contributed by atoms with Gasteiger partial charge in [0.2, 0.25) is 5.91 Å². The van der Waals surface area contributed by atoms with Crippen LogP contribution in [0.2, 0.25) is 0 Å². The molecule has 1 aliphatic heterocycles. The standard InChI is InChI=1S/C27H23N7OS/c35-27(15-3-1-4-15)30-18-9-17(11-28-12-18)16-6-7-21-19(10-16)25(34-33-21)26-31-22-14-29-13-20(24(22)32-26)23-5-2-8-36-23/h2,6-15,23H,1,3-5H2,(H,30,35)(H,31,32)(H,33,34). The predicted octanol–water partition coefficient (Wildman–Crippen LogP) is 5.99. The van der Waals surface area contributed by atoms with Gasteiger partial charge in [0.05, 0.1) is 34.6 Å². The van der Waals surface area contributed by atoms with Gasteiger partial charge in [0.1, 0.15) is 5.69 Å². The molecule has 9 heteroatoms. The Bertz CT molecular complexity index is 1640. The molecule has 0 saturated heterocycles. The third-order valence-corrected chi connectivity index (χ3v) is 8.19. The lowest BCUT2D eigenvalue weighted by molar-refractivity contribution is -0.122. The summed E-state index contributed by atoms with van der Waals surface area (Å²) in [6.07, 6.45) is 13.5. The van der Waals surface area contributed by atoms with Gasteiger partial charge >= 0.3 is 0 Å². The van der Waals surface area contributed by atoms with Crippen LogP contribution in [0.5, 0.6) is 0 Å². The minimum Gasteiger partial charge on any atom is -0.335 e. The molecule has 1 aliphatic carbocycles. The van der Waals surface area contributed by atoms with Crippen molar-refractivity contribution in [1.29, 1.82) is 0 Å². The smallest absolute Gasteiger partial charge is 0.227 e. The van der Waals surface area contributed by atoms with Crippen LogP contribution in [0.15, 0.2) is 60.5 Å². The first kappa shape index (κ1) is 21.3. The van der Waals surface area contributed by atoms with E-state index in [2.05, 4.69) is 48.0 Å². The summed E-state index contributed by atoms with van der Waals surface area (Å²) in [5.74, 6) is 0.915. The summed E-state index contributed by atoms with van der Waals surface area (Å²) < 4.78 is 0. The maximum Gasteiger partial charge on any atom is 0.227 e. The lowest BCUT2D eigenvalue weighted by atomic mass is 9.85. The van der Waals surface area contributed by atoms with Crippen LogP contribution < -0.4 is 5.32 Å². The number of hydrogen-bond donors (Lipinski definition) is 3. The number of aromatic amines is 2. The van der Waals surface area contributed by atoms with E-state index in [1.165, 1.54) is 0 Å². The molecule has 0 radical (unpaired) electrons. The van der Waals surface area contributed by atoms with Crippen LogP contribution in [-0.4, -0.2) is 36.0 Å². The Balaban J connectivity index is 1.24. The lowest BCUT2D eigenvalue weighted by Gasteiger charge is -2.24. The maximum absolute atomic E-state index is 12.4. The number of imidazole rings is 1. The number of aromatic nitrogens is 6. The van der Waals surface area contributed by atoms with Crippen molar-refractivity contribution in [3.63, 3.8) is 0 Å². The lowest BCUT2D eigenvalue weighted by Crippen LogP contribution is -2.28. The molecule has 178 valence electrons. The number of nitrogens with one attached hydrogen (secondary N) is 3. The second-order valence-corrected chi connectivity index (χ2v) is 10.5. The second kappa shape index (κ2) is 8.60. The molecule has 5 heterocycles. The van der Waals surface area contributed by atoms with Crippen molar-refractivity contribution in [2.24, 2.45) is 5.92 Å². The van der Waals surface area contributed by atoms with Gasteiger partial charge < -0.3 is 10.3 Å². The highest BCUT2D eigenvalue weighted by molar-refractivity contribution is 8.02. The van der Waals surface area contributed by atoms with E-state index in [0.717, 1.165) is 70.0 Å². The molecule has 36 heavy (non-hydrogen) atoms. The van der Waals surface area contributed by atoms with E-state index in [9.17, 15) is 4.79 Å². The molecule has 1 atom stereocenters. The number of fused-ring (bicyclic) bond motifs is 2. The number of pyridine rings is 2. The molecule has 4 aromatic heterocycles. The monoisotopic (exact) mass is 493 g/mol. The van der Waals surface area contributed by atoms with Crippen molar-refractivity contribution in [3.8, 4) is 22.6 Å². The van der Waals surface area contributed by atoms with Crippen LogP contribution in [-0.2, 0) is 4.79 Å². The number of thioether (sulfide) groups is 1. The highest BCUT2D eigenvalue weighted by Crippen LogP contribution is 2.41. The van der Waals surface area contributed by atoms with E-state index in [1.54, 1.807) is 18.0 Å². The van der Waals surface area contributed by atoms with Crippen molar-refractivity contribution >= 4 is 45.3 Å². The number of allylic oxidation sites excluding steroid dienone is 1. The average Bonchev–Trinajstić information content (AvgIpc) is 3.61. The summed E-state index contributed by atoms with van der Waals surface area (Å²) in [5, 5.41) is 14.2. The molecule has 8 nitrogen and oxygen atoms in total. The number of H-pyrrole nitrogens is 2. The number of benzene rings is 1. The van der Waals surface area contributed by atoms with Gasteiger partial charge in [-0.15, -0.1) is 11.8 Å². The molecule has 1 aromatic carbocycles. The van der Waals surface area contributed by atoms with Crippen LogP contribution >= 0.6 is 11.8 Å². The van der Waals surface area contributed by atoms with E-state index < -0.39 is 0 Å². The Morgan fingerprint density at radius 2 is 1.94 bits per heavy atom. The molecular weight excluding hydrogens is 470 g/mol. The zero-order valence-electron chi connectivity index (χ0n) is 19.4. The van der Waals surface area contributed by atoms with Crippen LogP contribution in [0, 0.1) is 5.92 Å². The Morgan fingerprint density at radius 3 is 2.78 bits per heavy atom. The molecular formula is C27H23N7OS. The summed E-state index contributed by atoms with van der Waals surface area (Å²) in [6.45, 7) is 0. The third kappa shape index (κ3) is 3.67. The summed E-state index contributed by atoms with van der Waals surface area (Å²) in [5.41, 5.74) is 7.29. The minimum absolute atomic E-state index is 0.0818. The number of nitrogens with zero attached hydrogens (tertiary/aromatic N) is 4. The van der Waals surface area contributed by atoms with Gasteiger partial charge in [-0.3, -0.25) is 19.9 Å². The first-order valence-corrected chi connectivity index (χ1v) is 13.1. The highest BCUT2D eigenvalue weighted by Gasteiger charge is 2.25. The zero-order chi connectivity index (χ0) is 24.1. The summed E-state index contributed by atoms with van der Waals surface area (Å²) >= 11 is 1.80. The van der Waals surface area contributed by atoms with Crippen molar-refractivity contribution in [3.05, 3.63) is 66.1 Å². The molecule has 2 aliphatic rings. The highest BCUT2D eigenvalue weighted by atomic mass is 32.2. The SMILES string of the molecule is O=C(Nc1cncc(-c2ccc3[nH]nc(-c4nc5c(C6CC=CS6)cncc5[nH]4)c3c2)c1)C1CCC1. The van der Waals surface area contributed by atoms with Crippen molar-refractivity contribution in [1.82, 2.24) is 30.1 Å². The van der Waals surface area contributed by atoms with E-state index >= 15 is 0 Å². The van der Waals surface area contributed by atoms with E-state index in [0.29, 0.717) is 16.8 Å². The summed E-state index contributed by atoms with van der Waals surface area (Å²) in [7, 11) is 0. The third-order valence-electron chi connectivity index (χ3n) is 7.06. The van der Waals surface area contributed by atoms with Crippen LogP contribution in [0.4, 0.5) is 5.69 Å². The molecule has 1 saturated carbocycles. The van der Waals surface area contributed by atoms with Gasteiger partial charge in [-0.2, -0.15) is 5.10 Å². The van der Waals surface area contributed by atoms with Crippen LogP contribution in [0.3, 0.4) is 0 Å². The number of anilines is 1. The number of hydrogen-bond acceptors (Lipinski definition) is 6. The molecule has 0 spiro atoms. The molecule has 1 fully saturated rings. The fourth-order valence-electron chi connectivity index (χ4n) is 4.84. The second-order valence-electron chi connectivity index (χ2n) is 9.35. The Kier molecular flexibility index (Phi) is 5.09. The number of carbonyl (C=O) groups is 1.